The number of nitriles is 1. The topological polar surface area (TPSA) is 42.9 Å². The van der Waals surface area contributed by atoms with Crippen LogP contribution in [0.3, 0.4) is 0 Å². The molecule has 338 valence electrons. The van der Waals surface area contributed by atoms with Crippen molar-refractivity contribution < 1.29 is 0 Å². The van der Waals surface area contributed by atoms with Gasteiger partial charge in [0.1, 0.15) is 6.07 Å². The molecule has 0 amide bonds. The van der Waals surface area contributed by atoms with Gasteiger partial charge in [-0.2, -0.15) is 5.26 Å². The molecule has 0 saturated heterocycles. The van der Waals surface area contributed by atoms with Crippen LogP contribution in [0.15, 0.2) is 249 Å². The summed E-state index contributed by atoms with van der Waals surface area (Å²) in [4.78, 5) is 4.40. The standard InChI is InChI=1S/C68H41N5/c1-70-59-42-52(43-69)66(71-62-34-30-48(44-18-6-2-7-19-44)38-55(62)56-39-49(31-35-63(56)71)45-20-8-3-9-21-45)68(73-60-28-16-14-26-53(60)54-27-15-17-29-61(54)73)67(59)72-64-36-32-50(46-22-10-4-11-23-46)40-57(64)58-41-51(33-37-65(58)72)47-24-12-5-13-25-47/h2-42H. The molecule has 5 nitrogen and oxygen atoms in total. The van der Waals surface area contributed by atoms with Gasteiger partial charge in [0.05, 0.1) is 62.3 Å². The normalized spacial score (nSPS) is 11.5. The molecule has 0 saturated carbocycles. The molecule has 73 heavy (non-hydrogen) atoms. The van der Waals surface area contributed by atoms with E-state index in [0.717, 1.165) is 116 Å². The molecule has 5 heteroatoms. The lowest BCUT2D eigenvalue weighted by Crippen LogP contribution is -2.11. The van der Waals surface area contributed by atoms with Gasteiger partial charge >= 0.3 is 0 Å². The van der Waals surface area contributed by atoms with Crippen molar-refractivity contribution in [3.05, 3.63) is 266 Å². The second-order valence-electron chi connectivity index (χ2n) is 18.6. The van der Waals surface area contributed by atoms with Crippen LogP contribution >= 0.6 is 0 Å². The minimum absolute atomic E-state index is 0.369. The molecule has 0 radical (unpaired) electrons. The molecule has 0 aliphatic rings. The van der Waals surface area contributed by atoms with Crippen molar-refractivity contribution in [1.29, 1.82) is 5.26 Å². The van der Waals surface area contributed by atoms with Crippen LogP contribution in [0.1, 0.15) is 5.56 Å². The molecule has 0 spiro atoms. The summed E-state index contributed by atoms with van der Waals surface area (Å²) >= 11 is 0. The summed E-state index contributed by atoms with van der Waals surface area (Å²) in [5.41, 5.74) is 17.5. The zero-order valence-corrected chi connectivity index (χ0v) is 39.4. The maximum atomic E-state index is 11.7. The number of para-hydroxylation sites is 2. The summed E-state index contributed by atoms with van der Waals surface area (Å²) < 4.78 is 6.89. The van der Waals surface area contributed by atoms with Crippen molar-refractivity contribution in [1.82, 2.24) is 13.7 Å². The third-order valence-corrected chi connectivity index (χ3v) is 14.7. The summed E-state index contributed by atoms with van der Waals surface area (Å²) in [5.74, 6) is 0. The highest BCUT2D eigenvalue weighted by Gasteiger charge is 2.30. The summed E-state index contributed by atoms with van der Waals surface area (Å²) in [6, 6.07) is 90.2. The van der Waals surface area contributed by atoms with E-state index in [2.05, 4.69) is 243 Å². The van der Waals surface area contributed by atoms with Gasteiger partial charge in [0.2, 0.25) is 5.69 Å². The van der Waals surface area contributed by atoms with Crippen LogP contribution in [0.4, 0.5) is 5.69 Å². The Morgan fingerprint density at radius 1 is 0.288 bits per heavy atom. The minimum Gasteiger partial charge on any atom is -0.317 e. The van der Waals surface area contributed by atoms with E-state index in [1.807, 2.05) is 30.3 Å². The van der Waals surface area contributed by atoms with Crippen LogP contribution in [0, 0.1) is 17.9 Å². The van der Waals surface area contributed by atoms with E-state index in [4.69, 9.17) is 6.57 Å². The van der Waals surface area contributed by atoms with Crippen molar-refractivity contribution in [3.63, 3.8) is 0 Å². The highest BCUT2D eigenvalue weighted by molar-refractivity contribution is 6.16. The Morgan fingerprint density at radius 3 is 0.932 bits per heavy atom. The Balaban J connectivity index is 1.18. The average molecular weight is 928 g/mol. The molecule has 3 heterocycles. The average Bonchev–Trinajstić information content (AvgIpc) is 4.10. The summed E-state index contributed by atoms with van der Waals surface area (Å²) in [7, 11) is 0. The van der Waals surface area contributed by atoms with E-state index in [-0.39, 0.29) is 0 Å². The molecule has 0 atom stereocenters. The molecule has 14 rings (SSSR count). The van der Waals surface area contributed by atoms with Gasteiger partial charge in [-0.1, -0.05) is 182 Å². The number of hydrogen-bond acceptors (Lipinski definition) is 1. The highest BCUT2D eigenvalue weighted by Crippen LogP contribution is 2.49. The second-order valence-corrected chi connectivity index (χ2v) is 18.6. The summed E-state index contributed by atoms with van der Waals surface area (Å²) in [6.45, 7) is 9.12. The first-order valence-corrected chi connectivity index (χ1v) is 24.5. The first-order valence-electron chi connectivity index (χ1n) is 24.5. The second kappa shape index (κ2) is 16.7. The first-order chi connectivity index (χ1) is 36.1. The Labute approximate surface area is 421 Å². The monoisotopic (exact) mass is 927 g/mol. The third kappa shape index (κ3) is 6.54. The largest absolute Gasteiger partial charge is 0.317 e. The Hall–Kier alpha value is -10.2. The fourth-order valence-electron chi connectivity index (χ4n) is 11.4. The molecule has 0 aliphatic carbocycles. The van der Waals surface area contributed by atoms with Gasteiger partial charge in [0.25, 0.3) is 0 Å². The zero-order chi connectivity index (χ0) is 48.6. The fourth-order valence-corrected chi connectivity index (χ4v) is 11.4. The zero-order valence-electron chi connectivity index (χ0n) is 39.4. The molecule has 0 aliphatic heterocycles. The van der Waals surface area contributed by atoms with Gasteiger partial charge < -0.3 is 13.7 Å². The minimum atomic E-state index is 0.369. The molecule has 3 aromatic heterocycles. The van der Waals surface area contributed by atoms with Crippen LogP contribution in [0.5, 0.6) is 0 Å². The lowest BCUT2D eigenvalue weighted by Gasteiger charge is -2.24. The molecule has 0 unspecified atom stereocenters. The van der Waals surface area contributed by atoms with E-state index in [1.54, 1.807) is 0 Å². The number of nitrogens with zero attached hydrogens (tertiary/aromatic N) is 5. The van der Waals surface area contributed by atoms with E-state index < -0.39 is 0 Å². The quantitative estimate of drug-likeness (QED) is 0.147. The molecular formula is C68H41N5. The number of aromatic nitrogens is 3. The molecule has 0 bridgehead atoms. The van der Waals surface area contributed by atoms with Crippen LogP contribution in [0.2, 0.25) is 0 Å². The fraction of sp³-hybridized carbons (Fsp3) is 0. The lowest BCUT2D eigenvalue weighted by atomic mass is 10.0. The van der Waals surface area contributed by atoms with Crippen LogP contribution in [-0.4, -0.2) is 13.7 Å². The molecular weight excluding hydrogens is 887 g/mol. The van der Waals surface area contributed by atoms with Crippen molar-refractivity contribution in [2.45, 2.75) is 0 Å². The van der Waals surface area contributed by atoms with Crippen LogP contribution in [-0.2, 0) is 0 Å². The van der Waals surface area contributed by atoms with E-state index >= 15 is 0 Å². The van der Waals surface area contributed by atoms with Crippen molar-refractivity contribution >= 4 is 71.1 Å². The van der Waals surface area contributed by atoms with Gasteiger partial charge in [-0.15, -0.1) is 0 Å². The number of fused-ring (bicyclic) bond motifs is 9. The van der Waals surface area contributed by atoms with E-state index in [1.165, 1.54) is 0 Å². The predicted molar refractivity (Wildman–Crippen MR) is 302 cm³/mol. The van der Waals surface area contributed by atoms with Gasteiger partial charge in [-0.25, -0.2) is 4.85 Å². The number of benzene rings is 11. The van der Waals surface area contributed by atoms with Gasteiger partial charge in [0.15, 0.2) is 0 Å². The van der Waals surface area contributed by atoms with Crippen molar-refractivity contribution in [2.24, 2.45) is 0 Å². The number of rotatable bonds is 7. The molecule has 14 aromatic rings. The SMILES string of the molecule is [C-]#[N+]c1cc(C#N)c(-n2c3ccc(-c4ccccc4)cc3c3cc(-c4ccccc4)ccc32)c(-n2c3ccccc3c3ccccc32)c1-n1c2ccc(-c3ccccc3)cc2c2cc(-c3ccccc3)ccc21. The van der Waals surface area contributed by atoms with Gasteiger partial charge in [0, 0.05) is 32.3 Å². The van der Waals surface area contributed by atoms with Crippen LogP contribution < -0.4 is 0 Å². The third-order valence-electron chi connectivity index (χ3n) is 14.7. The van der Waals surface area contributed by atoms with Crippen molar-refractivity contribution in [3.8, 4) is 67.6 Å². The maximum absolute atomic E-state index is 11.7. The summed E-state index contributed by atoms with van der Waals surface area (Å²) in [6.07, 6.45) is 0. The Morgan fingerprint density at radius 2 is 0.589 bits per heavy atom. The molecule has 0 fully saturated rings. The van der Waals surface area contributed by atoms with Gasteiger partial charge in [-0.05, 0) is 111 Å². The van der Waals surface area contributed by atoms with E-state index in [0.29, 0.717) is 22.6 Å². The molecule has 11 aromatic carbocycles. The first kappa shape index (κ1) is 41.7. The van der Waals surface area contributed by atoms with Crippen LogP contribution in [0.25, 0.3) is 132 Å². The van der Waals surface area contributed by atoms with Gasteiger partial charge in [-0.3, -0.25) is 0 Å². The lowest BCUT2D eigenvalue weighted by molar-refractivity contribution is 1.05. The number of hydrogen-bond donors (Lipinski definition) is 0. The van der Waals surface area contributed by atoms with Crippen molar-refractivity contribution in [2.75, 3.05) is 0 Å². The van der Waals surface area contributed by atoms with E-state index in [9.17, 15) is 5.26 Å². The Bertz CT molecular complexity index is 4120. The highest BCUT2D eigenvalue weighted by atomic mass is 15.1. The predicted octanol–water partition coefficient (Wildman–Crippen LogP) is 18.1. The smallest absolute Gasteiger partial charge is 0.214 e. The molecule has 0 N–H and O–H groups in total. The summed E-state index contributed by atoms with van der Waals surface area (Å²) in [5, 5.41) is 18.1. The Kier molecular flexibility index (Phi) is 9.58. The maximum Gasteiger partial charge on any atom is 0.214 e.